The summed E-state index contributed by atoms with van der Waals surface area (Å²) in [6, 6.07) is 1.65. The molecule has 7 heteroatoms. The lowest BCUT2D eigenvalue weighted by Gasteiger charge is -2.08. The van der Waals surface area contributed by atoms with Gasteiger partial charge in [0.05, 0.1) is 18.3 Å². The third-order valence-electron chi connectivity index (χ3n) is 1.78. The summed E-state index contributed by atoms with van der Waals surface area (Å²) in [7, 11) is 0. The summed E-state index contributed by atoms with van der Waals surface area (Å²) >= 11 is 4.85. The highest BCUT2D eigenvalue weighted by atomic mass is 32.1. The van der Waals surface area contributed by atoms with Crippen molar-refractivity contribution in [2.75, 3.05) is 18.4 Å². The van der Waals surface area contributed by atoms with E-state index in [4.69, 9.17) is 18.0 Å². The largest absolute Gasteiger partial charge is 0.389 e. The Kier molecular flexibility index (Phi) is 4.59. The van der Waals surface area contributed by atoms with E-state index in [1.165, 1.54) is 6.20 Å². The van der Waals surface area contributed by atoms with E-state index in [-0.39, 0.29) is 17.4 Å². The smallest absolute Gasteiger partial charge is 0.239 e. The van der Waals surface area contributed by atoms with E-state index in [0.29, 0.717) is 17.9 Å². The highest BCUT2D eigenvalue weighted by molar-refractivity contribution is 7.80. The average Bonchev–Trinajstić information content (AvgIpc) is 2.27. The zero-order valence-corrected chi connectivity index (χ0v) is 9.67. The summed E-state index contributed by atoms with van der Waals surface area (Å²) in [4.78, 5) is 11.4. The van der Waals surface area contributed by atoms with Gasteiger partial charge >= 0.3 is 0 Å². The van der Waals surface area contributed by atoms with E-state index in [1.54, 1.807) is 6.07 Å². The fourth-order valence-electron chi connectivity index (χ4n) is 1.08. The maximum Gasteiger partial charge on any atom is 0.239 e. The minimum absolute atomic E-state index is 0.113. The molecule has 0 aromatic carbocycles. The van der Waals surface area contributed by atoms with Gasteiger partial charge in [0, 0.05) is 6.54 Å². The predicted octanol–water partition coefficient (Wildman–Crippen LogP) is -0.341. The van der Waals surface area contributed by atoms with Crippen molar-refractivity contribution in [2.24, 2.45) is 5.73 Å². The number of amides is 1. The van der Waals surface area contributed by atoms with Gasteiger partial charge in [-0.25, -0.2) is 0 Å². The molecule has 0 radical (unpaired) electrons. The van der Waals surface area contributed by atoms with Crippen molar-refractivity contribution in [2.45, 2.75) is 6.92 Å². The molecular formula is C9H13N5OS. The summed E-state index contributed by atoms with van der Waals surface area (Å²) in [6.07, 6.45) is 1.49. The minimum atomic E-state index is -0.123. The number of likely N-dealkylation sites (N-methyl/N-ethyl adjacent to an activating group) is 1. The first-order chi connectivity index (χ1) is 7.65. The summed E-state index contributed by atoms with van der Waals surface area (Å²) in [5.74, 6) is 0.295. The van der Waals surface area contributed by atoms with Gasteiger partial charge in [-0.15, -0.1) is 5.10 Å². The first-order valence-corrected chi connectivity index (χ1v) is 5.18. The topological polar surface area (TPSA) is 92.9 Å². The maximum absolute atomic E-state index is 11.2. The molecule has 0 unspecified atom stereocenters. The number of rotatable bonds is 5. The highest BCUT2D eigenvalue weighted by Crippen LogP contribution is 2.08. The Bertz CT molecular complexity index is 395. The molecule has 1 heterocycles. The number of carbonyl (C=O) groups excluding carboxylic acids is 1. The lowest BCUT2D eigenvalue weighted by molar-refractivity contribution is -0.119. The Morgan fingerprint density at radius 2 is 2.38 bits per heavy atom. The van der Waals surface area contributed by atoms with Crippen LogP contribution in [0.4, 0.5) is 5.82 Å². The van der Waals surface area contributed by atoms with Gasteiger partial charge in [-0.3, -0.25) is 4.79 Å². The molecule has 0 aliphatic rings. The number of nitrogens with one attached hydrogen (secondary N) is 2. The Morgan fingerprint density at radius 3 is 3.00 bits per heavy atom. The number of aromatic nitrogens is 2. The van der Waals surface area contributed by atoms with Crippen LogP contribution < -0.4 is 16.4 Å². The molecule has 0 atom stereocenters. The Hall–Kier alpha value is -1.76. The molecule has 1 aromatic heterocycles. The SMILES string of the molecule is CCNC(=O)CNc1nnccc1C(N)=S. The van der Waals surface area contributed by atoms with Crippen molar-refractivity contribution in [3.63, 3.8) is 0 Å². The molecular weight excluding hydrogens is 226 g/mol. The summed E-state index contributed by atoms with van der Waals surface area (Å²) in [5.41, 5.74) is 6.08. The third kappa shape index (κ3) is 3.43. The Morgan fingerprint density at radius 1 is 1.62 bits per heavy atom. The van der Waals surface area contributed by atoms with Crippen molar-refractivity contribution < 1.29 is 4.79 Å². The summed E-state index contributed by atoms with van der Waals surface area (Å²) in [5, 5.41) is 13.0. The summed E-state index contributed by atoms with van der Waals surface area (Å²) in [6.45, 7) is 2.55. The van der Waals surface area contributed by atoms with Crippen molar-refractivity contribution in [1.82, 2.24) is 15.5 Å². The molecule has 4 N–H and O–H groups in total. The Labute approximate surface area is 98.6 Å². The Balaban J connectivity index is 2.66. The fourth-order valence-corrected chi connectivity index (χ4v) is 1.25. The van der Waals surface area contributed by atoms with Gasteiger partial charge in [0.25, 0.3) is 0 Å². The van der Waals surface area contributed by atoms with Crippen LogP contribution in [-0.2, 0) is 4.79 Å². The molecule has 86 valence electrons. The molecule has 1 aromatic rings. The van der Waals surface area contributed by atoms with Gasteiger partial charge in [-0.05, 0) is 13.0 Å². The second-order valence-corrected chi connectivity index (χ2v) is 3.40. The molecule has 0 saturated carbocycles. The highest BCUT2D eigenvalue weighted by Gasteiger charge is 2.07. The fraction of sp³-hybridized carbons (Fsp3) is 0.333. The first kappa shape index (κ1) is 12.3. The molecule has 0 spiro atoms. The van der Waals surface area contributed by atoms with Gasteiger partial charge in [0.2, 0.25) is 5.91 Å². The van der Waals surface area contributed by atoms with Crippen LogP contribution in [-0.4, -0.2) is 34.2 Å². The second-order valence-electron chi connectivity index (χ2n) is 2.96. The lowest BCUT2D eigenvalue weighted by atomic mass is 10.3. The van der Waals surface area contributed by atoms with Crippen LogP contribution in [0, 0.1) is 0 Å². The van der Waals surface area contributed by atoms with Crippen molar-refractivity contribution in [1.29, 1.82) is 0 Å². The van der Waals surface area contributed by atoms with Crippen LogP contribution >= 0.6 is 12.2 Å². The van der Waals surface area contributed by atoms with Gasteiger partial charge in [-0.1, -0.05) is 12.2 Å². The zero-order chi connectivity index (χ0) is 12.0. The predicted molar refractivity (Wildman–Crippen MR) is 65.1 cm³/mol. The molecule has 0 saturated heterocycles. The molecule has 0 aliphatic carbocycles. The average molecular weight is 239 g/mol. The molecule has 16 heavy (non-hydrogen) atoms. The van der Waals surface area contributed by atoms with Gasteiger partial charge in [0.15, 0.2) is 5.82 Å². The maximum atomic E-state index is 11.2. The van der Waals surface area contributed by atoms with Crippen LogP contribution in [0.15, 0.2) is 12.3 Å². The van der Waals surface area contributed by atoms with Crippen LogP contribution in [0.5, 0.6) is 0 Å². The molecule has 0 fully saturated rings. The normalized spacial score (nSPS) is 9.56. The number of nitrogens with zero attached hydrogens (tertiary/aromatic N) is 2. The summed E-state index contributed by atoms with van der Waals surface area (Å²) < 4.78 is 0. The van der Waals surface area contributed by atoms with Gasteiger partial charge < -0.3 is 16.4 Å². The van der Waals surface area contributed by atoms with E-state index in [2.05, 4.69) is 20.8 Å². The van der Waals surface area contributed by atoms with Crippen molar-refractivity contribution in [3.8, 4) is 0 Å². The number of anilines is 1. The van der Waals surface area contributed by atoms with Crippen LogP contribution in [0.1, 0.15) is 12.5 Å². The van der Waals surface area contributed by atoms with Crippen molar-refractivity contribution >= 4 is 28.9 Å². The van der Waals surface area contributed by atoms with E-state index >= 15 is 0 Å². The number of hydrogen-bond acceptors (Lipinski definition) is 5. The van der Waals surface area contributed by atoms with E-state index < -0.39 is 0 Å². The minimum Gasteiger partial charge on any atom is -0.389 e. The molecule has 0 aliphatic heterocycles. The molecule has 1 rings (SSSR count). The third-order valence-corrected chi connectivity index (χ3v) is 2.00. The monoisotopic (exact) mass is 239 g/mol. The number of nitrogens with two attached hydrogens (primary N) is 1. The first-order valence-electron chi connectivity index (χ1n) is 4.77. The van der Waals surface area contributed by atoms with E-state index in [0.717, 1.165) is 0 Å². The number of thiocarbonyl (C=S) groups is 1. The lowest BCUT2D eigenvalue weighted by Crippen LogP contribution is -2.30. The van der Waals surface area contributed by atoms with E-state index in [9.17, 15) is 4.79 Å². The van der Waals surface area contributed by atoms with Crippen LogP contribution in [0.25, 0.3) is 0 Å². The van der Waals surface area contributed by atoms with Gasteiger partial charge in [0.1, 0.15) is 4.99 Å². The standard InChI is InChI=1S/C9H13N5OS/c1-2-11-7(15)5-12-9-6(8(10)16)3-4-13-14-9/h3-4H,2,5H2,1H3,(H2,10,16)(H,11,15)(H,12,14). The molecule has 0 bridgehead atoms. The van der Waals surface area contributed by atoms with Gasteiger partial charge in [-0.2, -0.15) is 5.10 Å². The van der Waals surface area contributed by atoms with Crippen LogP contribution in [0.2, 0.25) is 0 Å². The second kappa shape index (κ2) is 5.96. The van der Waals surface area contributed by atoms with E-state index in [1.807, 2.05) is 6.92 Å². The van der Waals surface area contributed by atoms with Crippen molar-refractivity contribution in [3.05, 3.63) is 17.8 Å². The molecule has 1 amide bonds. The number of hydrogen-bond donors (Lipinski definition) is 3. The zero-order valence-electron chi connectivity index (χ0n) is 8.86. The van der Waals surface area contributed by atoms with Crippen LogP contribution in [0.3, 0.4) is 0 Å². The quantitative estimate of drug-likeness (QED) is 0.609. The number of carbonyl (C=O) groups is 1. The molecule has 6 nitrogen and oxygen atoms in total.